The molecule has 0 fully saturated rings. The van der Waals surface area contributed by atoms with Gasteiger partial charge in [-0.05, 0) is 36.1 Å². The number of carboxylic acid groups (broad SMARTS) is 1. The van der Waals surface area contributed by atoms with Crippen molar-refractivity contribution in [1.82, 2.24) is 0 Å². The molecular weight excluding hydrogens is 190 g/mol. The number of carbonyl (C=O) groups is 1. The van der Waals surface area contributed by atoms with Gasteiger partial charge in [-0.1, -0.05) is 13.0 Å². The zero-order valence-electron chi connectivity index (χ0n) is 8.87. The first kappa shape index (κ1) is 11.3. The van der Waals surface area contributed by atoms with Gasteiger partial charge in [-0.15, -0.1) is 0 Å². The van der Waals surface area contributed by atoms with Gasteiger partial charge >= 0.3 is 5.97 Å². The van der Waals surface area contributed by atoms with Gasteiger partial charge in [-0.25, -0.2) is 0 Å². The van der Waals surface area contributed by atoms with E-state index in [9.17, 15) is 4.79 Å². The first-order valence-corrected chi connectivity index (χ1v) is 4.83. The summed E-state index contributed by atoms with van der Waals surface area (Å²) in [7, 11) is 0. The highest BCUT2D eigenvalue weighted by Gasteiger charge is 2.11. The van der Waals surface area contributed by atoms with Crippen LogP contribution < -0.4 is 0 Å². The fraction of sp³-hybridized carbons (Fsp3) is 0.333. The predicted octanol–water partition coefficient (Wildman–Crippen LogP) is 2.06. The third-order valence-electron chi connectivity index (χ3n) is 2.54. The van der Waals surface area contributed by atoms with Crippen LogP contribution in [0.2, 0.25) is 0 Å². The minimum absolute atomic E-state index is 0.0808. The molecule has 15 heavy (non-hydrogen) atoms. The van der Waals surface area contributed by atoms with Gasteiger partial charge in [0.2, 0.25) is 0 Å². The molecule has 0 unspecified atom stereocenters. The number of carboxylic acids is 1. The van der Waals surface area contributed by atoms with Crippen LogP contribution >= 0.6 is 0 Å². The van der Waals surface area contributed by atoms with E-state index in [0.29, 0.717) is 11.1 Å². The molecule has 3 heteroatoms. The lowest BCUT2D eigenvalue weighted by atomic mass is 9.94. The van der Waals surface area contributed by atoms with Crippen molar-refractivity contribution >= 4 is 5.97 Å². The zero-order chi connectivity index (χ0) is 11.4. The van der Waals surface area contributed by atoms with Crippen molar-refractivity contribution in [2.24, 2.45) is 0 Å². The Kier molecular flexibility index (Phi) is 3.46. The van der Waals surface area contributed by atoms with Crippen LogP contribution in [0.3, 0.4) is 0 Å². The molecule has 1 rings (SSSR count). The predicted molar refractivity (Wildman–Crippen MR) is 56.6 cm³/mol. The van der Waals surface area contributed by atoms with Crippen LogP contribution in [-0.2, 0) is 17.6 Å². The van der Waals surface area contributed by atoms with Crippen molar-refractivity contribution in [3.63, 3.8) is 0 Å². The second kappa shape index (κ2) is 4.61. The van der Waals surface area contributed by atoms with E-state index in [0.717, 1.165) is 17.5 Å². The molecular formula is C12H13NO2. The minimum atomic E-state index is -0.900. The van der Waals surface area contributed by atoms with E-state index in [-0.39, 0.29) is 6.42 Å². The van der Waals surface area contributed by atoms with Crippen molar-refractivity contribution in [3.05, 3.63) is 34.4 Å². The maximum Gasteiger partial charge on any atom is 0.307 e. The Bertz CT molecular complexity index is 430. The summed E-state index contributed by atoms with van der Waals surface area (Å²) in [5.74, 6) is -0.900. The average Bonchev–Trinajstić information content (AvgIpc) is 2.20. The summed E-state index contributed by atoms with van der Waals surface area (Å²) in [6, 6.07) is 5.62. The number of rotatable bonds is 3. The van der Waals surface area contributed by atoms with Gasteiger partial charge in [0.15, 0.2) is 0 Å². The normalized spacial score (nSPS) is 9.67. The summed E-state index contributed by atoms with van der Waals surface area (Å²) in [6.45, 7) is 3.89. The van der Waals surface area contributed by atoms with Crippen LogP contribution in [0.4, 0.5) is 0 Å². The van der Waals surface area contributed by atoms with Gasteiger partial charge in [0.1, 0.15) is 0 Å². The average molecular weight is 203 g/mol. The number of hydrogen-bond donors (Lipinski definition) is 1. The second-order valence-corrected chi connectivity index (χ2v) is 3.41. The van der Waals surface area contributed by atoms with Crippen LogP contribution in [0.1, 0.15) is 29.2 Å². The van der Waals surface area contributed by atoms with Crippen LogP contribution in [0, 0.1) is 18.3 Å². The van der Waals surface area contributed by atoms with Crippen molar-refractivity contribution < 1.29 is 9.90 Å². The lowest BCUT2D eigenvalue weighted by Crippen LogP contribution is -2.06. The number of nitrogens with zero attached hydrogens (tertiary/aromatic N) is 1. The fourth-order valence-corrected chi connectivity index (χ4v) is 1.67. The first-order chi connectivity index (χ1) is 7.10. The Hall–Kier alpha value is -1.82. The number of hydrogen-bond acceptors (Lipinski definition) is 2. The van der Waals surface area contributed by atoms with Gasteiger partial charge < -0.3 is 5.11 Å². The monoisotopic (exact) mass is 203 g/mol. The Morgan fingerprint density at radius 2 is 2.20 bits per heavy atom. The SMILES string of the molecule is CCc1ccc(C#N)c(CC(=O)O)c1C. The maximum absolute atomic E-state index is 10.7. The summed E-state index contributed by atoms with van der Waals surface area (Å²) in [6.07, 6.45) is 0.771. The van der Waals surface area contributed by atoms with Crippen LogP contribution in [0.25, 0.3) is 0 Å². The van der Waals surface area contributed by atoms with Gasteiger partial charge in [0.25, 0.3) is 0 Å². The highest BCUT2D eigenvalue weighted by Crippen LogP contribution is 2.19. The molecule has 0 amide bonds. The number of nitriles is 1. The van der Waals surface area contributed by atoms with Gasteiger partial charge in [-0.2, -0.15) is 5.26 Å². The molecule has 1 aromatic carbocycles. The second-order valence-electron chi connectivity index (χ2n) is 3.41. The molecule has 1 N–H and O–H groups in total. The molecule has 0 aliphatic carbocycles. The molecule has 0 spiro atoms. The zero-order valence-corrected chi connectivity index (χ0v) is 8.87. The summed E-state index contributed by atoms with van der Waals surface area (Å²) < 4.78 is 0. The Balaban J connectivity index is 3.30. The highest BCUT2D eigenvalue weighted by atomic mass is 16.4. The van der Waals surface area contributed by atoms with Crippen molar-refractivity contribution in [3.8, 4) is 6.07 Å². The number of benzene rings is 1. The Labute approximate surface area is 89.0 Å². The third kappa shape index (κ3) is 2.35. The molecule has 78 valence electrons. The van der Waals surface area contributed by atoms with Crippen LogP contribution in [0.15, 0.2) is 12.1 Å². The molecule has 0 aliphatic heterocycles. The number of aliphatic carboxylic acids is 1. The van der Waals surface area contributed by atoms with Crippen molar-refractivity contribution in [2.45, 2.75) is 26.7 Å². The van der Waals surface area contributed by atoms with Crippen LogP contribution in [0.5, 0.6) is 0 Å². The smallest absolute Gasteiger partial charge is 0.307 e. The van der Waals surface area contributed by atoms with Crippen molar-refractivity contribution in [2.75, 3.05) is 0 Å². The Morgan fingerprint density at radius 1 is 1.53 bits per heavy atom. The molecule has 0 saturated carbocycles. The minimum Gasteiger partial charge on any atom is -0.481 e. The largest absolute Gasteiger partial charge is 0.481 e. The lowest BCUT2D eigenvalue weighted by molar-refractivity contribution is -0.136. The lowest BCUT2D eigenvalue weighted by Gasteiger charge is -2.10. The first-order valence-electron chi connectivity index (χ1n) is 4.83. The number of aryl methyl sites for hydroxylation is 1. The molecule has 0 aliphatic rings. The molecule has 0 heterocycles. The maximum atomic E-state index is 10.7. The molecule has 0 radical (unpaired) electrons. The van der Waals surface area contributed by atoms with E-state index in [1.165, 1.54) is 0 Å². The molecule has 0 aromatic heterocycles. The van der Waals surface area contributed by atoms with E-state index in [1.807, 2.05) is 26.0 Å². The van der Waals surface area contributed by atoms with E-state index in [1.54, 1.807) is 6.07 Å². The summed E-state index contributed by atoms with van der Waals surface area (Å²) in [5, 5.41) is 17.6. The molecule has 0 bridgehead atoms. The standard InChI is InChI=1S/C12H13NO2/c1-3-9-4-5-10(7-13)11(8(9)2)6-12(14)15/h4-5H,3,6H2,1-2H3,(H,14,15). The van der Waals surface area contributed by atoms with E-state index in [4.69, 9.17) is 10.4 Å². The summed E-state index contributed by atoms with van der Waals surface area (Å²) in [4.78, 5) is 10.7. The quantitative estimate of drug-likeness (QED) is 0.817. The summed E-state index contributed by atoms with van der Waals surface area (Å²) in [5.41, 5.74) is 3.14. The third-order valence-corrected chi connectivity index (χ3v) is 2.54. The van der Waals surface area contributed by atoms with E-state index >= 15 is 0 Å². The fourth-order valence-electron chi connectivity index (χ4n) is 1.67. The van der Waals surface area contributed by atoms with Gasteiger partial charge in [0.05, 0.1) is 18.1 Å². The molecule has 0 atom stereocenters. The molecule has 3 nitrogen and oxygen atoms in total. The van der Waals surface area contributed by atoms with Crippen LogP contribution in [-0.4, -0.2) is 11.1 Å². The van der Waals surface area contributed by atoms with Crippen molar-refractivity contribution in [1.29, 1.82) is 5.26 Å². The Morgan fingerprint density at radius 3 is 2.67 bits per heavy atom. The van der Waals surface area contributed by atoms with E-state index in [2.05, 4.69) is 0 Å². The van der Waals surface area contributed by atoms with Gasteiger partial charge in [-0.3, -0.25) is 4.79 Å². The van der Waals surface area contributed by atoms with E-state index < -0.39 is 5.97 Å². The molecule has 0 saturated heterocycles. The topological polar surface area (TPSA) is 61.1 Å². The summed E-state index contributed by atoms with van der Waals surface area (Å²) >= 11 is 0. The molecule has 1 aromatic rings. The van der Waals surface area contributed by atoms with Gasteiger partial charge in [0, 0.05) is 0 Å². The highest BCUT2D eigenvalue weighted by molar-refractivity contribution is 5.72.